The van der Waals surface area contributed by atoms with E-state index in [1.54, 1.807) is 50.9 Å². The Kier molecular flexibility index (Phi) is 10.5. The van der Waals surface area contributed by atoms with E-state index in [0.29, 0.717) is 36.4 Å². The Morgan fingerprint density at radius 1 is 1.06 bits per heavy atom. The van der Waals surface area contributed by atoms with Crippen LogP contribution in [0.3, 0.4) is 0 Å². The number of alkyl halides is 1. The van der Waals surface area contributed by atoms with Gasteiger partial charge in [0.1, 0.15) is 29.6 Å². The quantitative estimate of drug-likeness (QED) is 0.139. The van der Waals surface area contributed by atoms with E-state index in [1.807, 2.05) is 61.5 Å². The third-order valence-corrected chi connectivity index (χ3v) is 11.4. The summed E-state index contributed by atoms with van der Waals surface area (Å²) in [5, 5.41) is 19.5. The average molecular weight is 784 g/mol. The van der Waals surface area contributed by atoms with Crippen LogP contribution in [0.25, 0.3) is 11.0 Å². The van der Waals surface area contributed by atoms with Gasteiger partial charge in [-0.1, -0.05) is 75.8 Å². The summed E-state index contributed by atoms with van der Waals surface area (Å²) in [7, 11) is 0. The average Bonchev–Trinajstić information content (AvgIpc) is 3.90. The zero-order chi connectivity index (χ0) is 37.3. The maximum Gasteiger partial charge on any atom is 0.250 e. The van der Waals surface area contributed by atoms with Crippen molar-refractivity contribution in [1.29, 1.82) is 0 Å². The second-order valence-electron chi connectivity index (χ2n) is 13.7. The summed E-state index contributed by atoms with van der Waals surface area (Å²) in [6.07, 6.45) is 3.18. The lowest BCUT2D eigenvalue weighted by Crippen LogP contribution is -2.59. The van der Waals surface area contributed by atoms with Crippen LogP contribution in [-0.4, -0.2) is 103 Å². The third-order valence-electron chi connectivity index (χ3n) is 10.6. The molecule has 3 amide bonds. The third kappa shape index (κ3) is 6.44. The molecule has 2 bridgehead atoms. The first-order chi connectivity index (χ1) is 25.8. The Bertz CT molecular complexity index is 1990. The van der Waals surface area contributed by atoms with Crippen molar-refractivity contribution < 1.29 is 29.0 Å². The number of fused-ring (bicyclic) bond motifs is 2. The molecule has 3 saturated heterocycles. The zero-order valence-electron chi connectivity index (χ0n) is 29.5. The first-order valence-electron chi connectivity index (χ1n) is 17.9. The highest BCUT2D eigenvalue weighted by Crippen LogP contribution is 2.61. The van der Waals surface area contributed by atoms with E-state index in [0.717, 1.165) is 11.1 Å². The number of anilines is 1. The molecule has 4 heterocycles. The standard InChI is InChI=1S/C40H43BrN6O6/c1-4-20-44(25-46-32-15-11-10-14-31(32)42-43-46)39(51)36-40-23-30(41)35(53-40)33(37(49)45(21-5-2)27-16-18-29(19-17-27)52-6-3)34(40)38(50)47(36)28(24-48)22-26-12-8-7-9-13-26/h4-5,7-19,28,30,33-36,48H,1-2,6,20-25H2,3H3/t28-,30?,33+,34+,35+,36?,40?/m1/s1. The molecule has 7 atom stereocenters. The van der Waals surface area contributed by atoms with Gasteiger partial charge in [0.25, 0.3) is 0 Å². The van der Waals surface area contributed by atoms with Gasteiger partial charge in [-0.2, -0.15) is 0 Å². The van der Waals surface area contributed by atoms with E-state index in [9.17, 15) is 9.90 Å². The Labute approximate surface area is 316 Å². The topological polar surface area (TPSA) is 130 Å². The number of para-hydroxylation sites is 1. The smallest absolute Gasteiger partial charge is 0.250 e. The predicted molar refractivity (Wildman–Crippen MR) is 203 cm³/mol. The van der Waals surface area contributed by atoms with Crippen LogP contribution >= 0.6 is 15.9 Å². The van der Waals surface area contributed by atoms with Crippen LogP contribution in [0, 0.1) is 11.8 Å². The number of aromatic nitrogens is 3. The number of likely N-dealkylation sites (tertiary alicyclic amines) is 1. The largest absolute Gasteiger partial charge is 0.494 e. The van der Waals surface area contributed by atoms with Crippen molar-refractivity contribution in [3.8, 4) is 5.75 Å². The molecule has 13 heteroatoms. The van der Waals surface area contributed by atoms with Crippen molar-refractivity contribution in [2.75, 3.05) is 31.2 Å². The van der Waals surface area contributed by atoms with Crippen molar-refractivity contribution in [1.82, 2.24) is 24.8 Å². The summed E-state index contributed by atoms with van der Waals surface area (Å²) in [6, 6.07) is 22.3. The zero-order valence-corrected chi connectivity index (χ0v) is 31.1. The van der Waals surface area contributed by atoms with Crippen molar-refractivity contribution in [2.24, 2.45) is 11.8 Å². The maximum absolute atomic E-state index is 15.2. The van der Waals surface area contributed by atoms with E-state index in [4.69, 9.17) is 9.47 Å². The Hall–Kier alpha value is -4.85. The molecule has 7 rings (SSSR count). The van der Waals surface area contributed by atoms with E-state index in [1.165, 1.54) is 4.90 Å². The van der Waals surface area contributed by atoms with Crippen LogP contribution in [-0.2, 0) is 32.2 Å². The fraction of sp³-hybridized carbons (Fsp3) is 0.375. The summed E-state index contributed by atoms with van der Waals surface area (Å²) in [5.74, 6) is -2.33. The molecule has 12 nitrogen and oxygen atoms in total. The molecule has 0 aliphatic carbocycles. The monoisotopic (exact) mass is 782 g/mol. The molecule has 3 aromatic carbocycles. The van der Waals surface area contributed by atoms with Gasteiger partial charge in [0.05, 0.1) is 42.7 Å². The predicted octanol–water partition coefficient (Wildman–Crippen LogP) is 4.37. The summed E-state index contributed by atoms with van der Waals surface area (Å²) in [5.41, 5.74) is 1.56. The minimum atomic E-state index is -1.36. The molecule has 1 aromatic heterocycles. The molecule has 3 aliphatic heterocycles. The number of carbonyl (C=O) groups is 3. The van der Waals surface area contributed by atoms with Crippen molar-refractivity contribution >= 4 is 50.4 Å². The molecule has 53 heavy (non-hydrogen) atoms. The normalized spacial score (nSPS) is 24.9. The van der Waals surface area contributed by atoms with Crippen LogP contribution in [0.1, 0.15) is 18.9 Å². The number of carbonyl (C=O) groups excluding carboxylic acids is 3. The molecular weight excluding hydrogens is 740 g/mol. The van der Waals surface area contributed by atoms with Crippen LogP contribution in [0.2, 0.25) is 0 Å². The summed E-state index contributed by atoms with van der Waals surface area (Å²) in [6.45, 7) is 10.2. The van der Waals surface area contributed by atoms with Crippen LogP contribution in [0.4, 0.5) is 5.69 Å². The number of nitrogens with zero attached hydrogens (tertiary/aromatic N) is 6. The van der Waals surface area contributed by atoms with E-state index in [2.05, 4.69) is 39.4 Å². The Morgan fingerprint density at radius 3 is 2.47 bits per heavy atom. The van der Waals surface area contributed by atoms with Gasteiger partial charge in [0, 0.05) is 23.6 Å². The lowest BCUT2D eigenvalue weighted by Gasteiger charge is -2.39. The minimum absolute atomic E-state index is 0.0293. The molecule has 3 fully saturated rings. The van der Waals surface area contributed by atoms with Gasteiger partial charge in [-0.3, -0.25) is 14.4 Å². The summed E-state index contributed by atoms with van der Waals surface area (Å²) < 4.78 is 14.1. The number of ether oxygens (including phenoxy) is 2. The van der Waals surface area contributed by atoms with Crippen molar-refractivity contribution in [2.45, 2.75) is 55.0 Å². The first-order valence-corrected chi connectivity index (χ1v) is 18.8. The lowest BCUT2D eigenvalue weighted by atomic mass is 9.70. The highest BCUT2D eigenvalue weighted by Gasteiger charge is 2.77. The summed E-state index contributed by atoms with van der Waals surface area (Å²) in [4.78, 5) is 49.5. The van der Waals surface area contributed by atoms with Crippen LogP contribution in [0.5, 0.6) is 5.75 Å². The van der Waals surface area contributed by atoms with Crippen LogP contribution < -0.4 is 9.64 Å². The Morgan fingerprint density at radius 2 is 1.77 bits per heavy atom. The van der Waals surface area contributed by atoms with Gasteiger partial charge in [-0.05, 0) is 61.7 Å². The maximum atomic E-state index is 15.2. The highest BCUT2D eigenvalue weighted by atomic mass is 79.9. The van der Waals surface area contributed by atoms with Gasteiger partial charge in [-0.25, -0.2) is 4.68 Å². The van der Waals surface area contributed by atoms with Crippen molar-refractivity contribution in [3.63, 3.8) is 0 Å². The van der Waals surface area contributed by atoms with E-state index in [-0.39, 0.29) is 30.5 Å². The van der Waals surface area contributed by atoms with Crippen LogP contribution in [0.15, 0.2) is 104 Å². The molecule has 1 spiro atoms. The fourth-order valence-electron chi connectivity index (χ4n) is 8.41. The molecule has 1 N–H and O–H groups in total. The fourth-order valence-corrected chi connectivity index (χ4v) is 9.35. The SMILES string of the molecule is C=CCN(Cn1nnc2ccccc21)C(=O)C1N([C@@H](CO)Cc2ccccc2)C(=O)[C@@H]2[C@H](C(=O)N(CC=C)c3ccc(OCC)cc3)[C@H]3OC12CC3Br. The first kappa shape index (κ1) is 36.5. The summed E-state index contributed by atoms with van der Waals surface area (Å²) >= 11 is 3.80. The molecular formula is C40H43BrN6O6. The highest BCUT2D eigenvalue weighted by molar-refractivity contribution is 9.09. The molecule has 4 aromatic rings. The molecule has 3 unspecified atom stereocenters. The number of halogens is 1. The number of aliphatic hydroxyl groups is 1. The lowest BCUT2D eigenvalue weighted by molar-refractivity contribution is -0.152. The molecule has 0 saturated carbocycles. The molecule has 0 radical (unpaired) electrons. The second-order valence-corrected chi connectivity index (χ2v) is 14.8. The van der Waals surface area contributed by atoms with Gasteiger partial charge in [-0.15, -0.1) is 18.3 Å². The number of hydrogen-bond acceptors (Lipinski definition) is 8. The van der Waals surface area contributed by atoms with Gasteiger partial charge in [0.2, 0.25) is 17.7 Å². The van der Waals surface area contributed by atoms with Gasteiger partial charge >= 0.3 is 0 Å². The molecule has 276 valence electrons. The molecule has 3 aliphatic rings. The number of benzene rings is 3. The van der Waals surface area contributed by atoms with Crippen molar-refractivity contribution in [3.05, 3.63) is 110 Å². The van der Waals surface area contributed by atoms with E-state index >= 15 is 9.59 Å². The second kappa shape index (κ2) is 15.2. The minimum Gasteiger partial charge on any atom is -0.494 e. The number of aliphatic hydroxyl groups excluding tert-OH is 1. The van der Waals surface area contributed by atoms with Gasteiger partial charge in [0.15, 0.2) is 0 Å². The van der Waals surface area contributed by atoms with E-state index < -0.39 is 54.0 Å². The number of amides is 3. The van der Waals surface area contributed by atoms with Gasteiger partial charge < -0.3 is 29.3 Å². The Balaban J connectivity index is 1.30. The number of rotatable bonds is 15. The number of hydrogen-bond donors (Lipinski definition) is 1.